The zero-order valence-electron chi connectivity index (χ0n) is 12.9. The van der Waals surface area contributed by atoms with Gasteiger partial charge in [-0.3, -0.25) is 0 Å². The van der Waals surface area contributed by atoms with Gasteiger partial charge in [-0.05, 0) is 25.4 Å². The van der Waals surface area contributed by atoms with Gasteiger partial charge in [0.2, 0.25) is 0 Å². The first-order valence-corrected chi connectivity index (χ1v) is 7.77. The molecule has 1 aliphatic rings. The predicted molar refractivity (Wildman–Crippen MR) is 84.5 cm³/mol. The van der Waals surface area contributed by atoms with Crippen LogP contribution in [0.2, 0.25) is 5.15 Å². The van der Waals surface area contributed by atoms with Crippen LogP contribution in [0, 0.1) is 5.92 Å². The summed E-state index contributed by atoms with van der Waals surface area (Å²) in [6.45, 7) is 13.0. The van der Waals surface area contributed by atoms with Gasteiger partial charge in [0.25, 0.3) is 0 Å². The second kappa shape index (κ2) is 6.27. The Kier molecular flexibility index (Phi) is 4.86. The second-order valence-electron chi connectivity index (χ2n) is 6.58. The molecule has 1 aromatic heterocycles. The monoisotopic (exact) mass is 296 g/mol. The fourth-order valence-electron chi connectivity index (χ4n) is 2.46. The molecule has 1 atom stereocenters. The summed E-state index contributed by atoms with van der Waals surface area (Å²) in [6, 6.07) is 1.81. The molecule has 0 amide bonds. The molecule has 5 heteroatoms. The average molecular weight is 297 g/mol. The van der Waals surface area contributed by atoms with E-state index < -0.39 is 0 Å². The van der Waals surface area contributed by atoms with E-state index in [-0.39, 0.29) is 5.41 Å². The number of hydrogen-bond donors (Lipinski definition) is 1. The maximum Gasteiger partial charge on any atom is 0.137 e. The van der Waals surface area contributed by atoms with Crippen LogP contribution in [0.5, 0.6) is 0 Å². The number of nitrogens with zero attached hydrogens (tertiary/aromatic N) is 3. The van der Waals surface area contributed by atoms with Gasteiger partial charge in [0.05, 0.1) is 0 Å². The van der Waals surface area contributed by atoms with Gasteiger partial charge in [0, 0.05) is 24.6 Å². The summed E-state index contributed by atoms with van der Waals surface area (Å²) < 4.78 is 0. The largest absolute Gasteiger partial charge is 0.370 e. The highest BCUT2D eigenvalue weighted by Gasteiger charge is 2.22. The molecule has 1 N–H and O–H groups in total. The lowest BCUT2D eigenvalue weighted by atomic mass is 9.96. The van der Waals surface area contributed by atoms with Gasteiger partial charge in [0.1, 0.15) is 16.8 Å². The van der Waals surface area contributed by atoms with Gasteiger partial charge in [-0.2, -0.15) is 0 Å². The van der Waals surface area contributed by atoms with Crippen molar-refractivity contribution in [2.45, 2.75) is 39.5 Å². The van der Waals surface area contributed by atoms with Crippen molar-refractivity contribution in [2.75, 3.05) is 31.5 Å². The van der Waals surface area contributed by atoms with Gasteiger partial charge in [0.15, 0.2) is 0 Å². The van der Waals surface area contributed by atoms with Crippen molar-refractivity contribution in [3.05, 3.63) is 17.0 Å². The van der Waals surface area contributed by atoms with Crippen molar-refractivity contribution < 1.29 is 0 Å². The molecule has 1 fully saturated rings. The highest BCUT2D eigenvalue weighted by molar-refractivity contribution is 6.29. The van der Waals surface area contributed by atoms with Crippen LogP contribution in [-0.2, 0) is 5.41 Å². The van der Waals surface area contributed by atoms with Gasteiger partial charge >= 0.3 is 0 Å². The lowest BCUT2D eigenvalue weighted by Crippen LogP contribution is -2.23. The minimum Gasteiger partial charge on any atom is -0.370 e. The zero-order valence-corrected chi connectivity index (χ0v) is 13.7. The second-order valence-corrected chi connectivity index (χ2v) is 6.97. The molecule has 0 spiro atoms. The van der Waals surface area contributed by atoms with Crippen LogP contribution in [0.4, 0.5) is 5.82 Å². The van der Waals surface area contributed by atoms with E-state index in [9.17, 15) is 0 Å². The third-order valence-corrected chi connectivity index (χ3v) is 3.95. The standard InChI is InChI=1S/C15H25ClN4/c1-5-20-7-6-11(10-20)9-17-13-8-12(16)18-14(19-13)15(2,3)4/h8,11H,5-7,9-10H2,1-4H3,(H,17,18,19). The van der Waals surface area contributed by atoms with Crippen LogP contribution >= 0.6 is 11.6 Å². The Morgan fingerprint density at radius 1 is 1.40 bits per heavy atom. The number of anilines is 1. The molecule has 0 aliphatic carbocycles. The fraction of sp³-hybridized carbons (Fsp3) is 0.733. The first-order chi connectivity index (χ1) is 9.38. The number of hydrogen-bond acceptors (Lipinski definition) is 4. The zero-order chi connectivity index (χ0) is 14.8. The lowest BCUT2D eigenvalue weighted by Gasteiger charge is -2.19. The van der Waals surface area contributed by atoms with Crippen LogP contribution in [0.1, 0.15) is 39.9 Å². The maximum atomic E-state index is 6.10. The summed E-state index contributed by atoms with van der Waals surface area (Å²) >= 11 is 6.10. The smallest absolute Gasteiger partial charge is 0.137 e. The highest BCUT2D eigenvalue weighted by atomic mass is 35.5. The molecular weight excluding hydrogens is 272 g/mol. The molecule has 1 aromatic rings. The van der Waals surface area contributed by atoms with Crippen LogP contribution in [-0.4, -0.2) is 41.0 Å². The molecular formula is C15H25ClN4. The van der Waals surface area contributed by atoms with E-state index in [4.69, 9.17) is 11.6 Å². The van der Waals surface area contributed by atoms with Crippen molar-refractivity contribution in [2.24, 2.45) is 5.92 Å². The van der Waals surface area contributed by atoms with Crippen molar-refractivity contribution in [1.82, 2.24) is 14.9 Å². The third kappa shape index (κ3) is 4.06. The van der Waals surface area contributed by atoms with Crippen molar-refractivity contribution in [1.29, 1.82) is 0 Å². The average Bonchev–Trinajstić information content (AvgIpc) is 2.82. The van der Waals surface area contributed by atoms with E-state index in [2.05, 4.69) is 47.9 Å². The van der Waals surface area contributed by atoms with E-state index in [1.54, 1.807) is 0 Å². The minimum atomic E-state index is -0.0896. The first kappa shape index (κ1) is 15.5. The van der Waals surface area contributed by atoms with Gasteiger partial charge in [-0.25, -0.2) is 9.97 Å². The van der Waals surface area contributed by atoms with E-state index in [1.807, 2.05) is 6.07 Å². The number of aromatic nitrogens is 2. The quantitative estimate of drug-likeness (QED) is 0.867. The van der Waals surface area contributed by atoms with Crippen LogP contribution < -0.4 is 5.32 Å². The topological polar surface area (TPSA) is 41.0 Å². The Morgan fingerprint density at radius 2 is 2.15 bits per heavy atom. The Bertz CT molecular complexity index is 456. The van der Waals surface area contributed by atoms with Crippen molar-refractivity contribution in [3.8, 4) is 0 Å². The van der Waals surface area contributed by atoms with Crippen molar-refractivity contribution >= 4 is 17.4 Å². The van der Waals surface area contributed by atoms with Crippen molar-refractivity contribution in [3.63, 3.8) is 0 Å². The third-order valence-electron chi connectivity index (χ3n) is 3.75. The van der Waals surface area contributed by atoms with Gasteiger partial charge < -0.3 is 10.2 Å². The summed E-state index contributed by atoms with van der Waals surface area (Å²) in [4.78, 5) is 11.4. The van der Waals surface area contributed by atoms with E-state index in [1.165, 1.54) is 19.5 Å². The van der Waals surface area contributed by atoms with E-state index in [0.717, 1.165) is 24.7 Å². The minimum absolute atomic E-state index is 0.0896. The molecule has 112 valence electrons. The summed E-state index contributed by atoms with van der Waals surface area (Å²) in [5.41, 5.74) is -0.0896. The molecule has 0 radical (unpaired) electrons. The molecule has 0 aromatic carbocycles. The molecule has 1 saturated heterocycles. The molecule has 1 unspecified atom stereocenters. The molecule has 4 nitrogen and oxygen atoms in total. The van der Waals surface area contributed by atoms with Crippen LogP contribution in [0.25, 0.3) is 0 Å². The van der Waals surface area contributed by atoms with E-state index in [0.29, 0.717) is 11.1 Å². The fourth-order valence-corrected chi connectivity index (χ4v) is 2.64. The summed E-state index contributed by atoms with van der Waals surface area (Å²) in [5.74, 6) is 2.32. The molecule has 20 heavy (non-hydrogen) atoms. The lowest BCUT2D eigenvalue weighted by molar-refractivity contribution is 0.345. The molecule has 0 saturated carbocycles. The SMILES string of the molecule is CCN1CCC(CNc2cc(Cl)nc(C(C)(C)C)n2)C1. The molecule has 2 heterocycles. The maximum absolute atomic E-state index is 6.10. The Morgan fingerprint density at radius 3 is 2.75 bits per heavy atom. The van der Waals surface area contributed by atoms with Gasteiger partial charge in [-0.15, -0.1) is 0 Å². The van der Waals surface area contributed by atoms with Crippen LogP contribution in [0.3, 0.4) is 0 Å². The van der Waals surface area contributed by atoms with Crippen LogP contribution in [0.15, 0.2) is 6.07 Å². The predicted octanol–water partition coefficient (Wildman–Crippen LogP) is 3.18. The first-order valence-electron chi connectivity index (χ1n) is 7.39. The summed E-state index contributed by atoms with van der Waals surface area (Å²) in [5, 5.41) is 3.93. The number of nitrogens with one attached hydrogen (secondary N) is 1. The molecule has 0 bridgehead atoms. The molecule has 2 rings (SSSR count). The molecule has 1 aliphatic heterocycles. The Balaban J connectivity index is 1.98. The summed E-state index contributed by atoms with van der Waals surface area (Å²) in [7, 11) is 0. The Labute approximate surface area is 126 Å². The van der Waals surface area contributed by atoms with E-state index >= 15 is 0 Å². The highest BCUT2D eigenvalue weighted by Crippen LogP contribution is 2.23. The Hall–Kier alpha value is -0.870. The van der Waals surface area contributed by atoms with Gasteiger partial charge in [-0.1, -0.05) is 39.3 Å². The summed E-state index contributed by atoms with van der Waals surface area (Å²) in [6.07, 6.45) is 1.26. The number of likely N-dealkylation sites (tertiary alicyclic amines) is 1. The normalized spacial score (nSPS) is 20.4. The number of rotatable bonds is 4. The number of halogens is 1.